The summed E-state index contributed by atoms with van der Waals surface area (Å²) in [4.78, 5) is 35.7. The first-order valence-corrected chi connectivity index (χ1v) is 7.19. The molecule has 25 heavy (non-hydrogen) atoms. The maximum Gasteiger partial charge on any atom is 0.338 e. The Balaban J connectivity index is 1.93. The number of para-hydroxylation sites is 1. The lowest BCUT2D eigenvalue weighted by atomic mass is 10.1. The number of hydrogen-bond donors (Lipinski definition) is 1. The van der Waals surface area contributed by atoms with Gasteiger partial charge in [-0.3, -0.25) is 14.9 Å². The monoisotopic (exact) mass is 338 g/mol. The molecule has 0 saturated heterocycles. The number of nitriles is 1. The SMILES string of the molecule is COc1ccccc1C(=O)NC(=O)COC(=O)c1cccc(C#N)c1. The van der Waals surface area contributed by atoms with Gasteiger partial charge in [-0.15, -0.1) is 0 Å². The molecule has 0 atom stereocenters. The summed E-state index contributed by atoms with van der Waals surface area (Å²) < 4.78 is 9.88. The number of methoxy groups -OCH3 is 1. The molecular weight excluding hydrogens is 324 g/mol. The van der Waals surface area contributed by atoms with Gasteiger partial charge in [-0.1, -0.05) is 18.2 Å². The maximum atomic E-state index is 12.0. The van der Waals surface area contributed by atoms with Crippen molar-refractivity contribution in [2.75, 3.05) is 13.7 Å². The molecule has 0 aliphatic carbocycles. The molecule has 0 heterocycles. The average molecular weight is 338 g/mol. The van der Waals surface area contributed by atoms with Gasteiger partial charge < -0.3 is 9.47 Å². The molecule has 7 heteroatoms. The van der Waals surface area contributed by atoms with Crippen LogP contribution in [0.1, 0.15) is 26.3 Å². The number of ether oxygens (including phenoxy) is 2. The number of nitrogens with one attached hydrogen (secondary N) is 1. The standard InChI is InChI=1S/C18H14N2O5/c1-24-15-8-3-2-7-14(15)17(22)20-16(21)11-25-18(23)13-6-4-5-12(9-13)10-19/h2-9H,11H2,1H3,(H,20,21,22). The smallest absolute Gasteiger partial charge is 0.338 e. The van der Waals surface area contributed by atoms with Gasteiger partial charge in [-0.2, -0.15) is 5.26 Å². The Morgan fingerprint density at radius 3 is 2.60 bits per heavy atom. The number of carbonyl (C=O) groups is 3. The summed E-state index contributed by atoms with van der Waals surface area (Å²) in [7, 11) is 1.41. The number of imide groups is 1. The van der Waals surface area contributed by atoms with E-state index >= 15 is 0 Å². The van der Waals surface area contributed by atoms with Gasteiger partial charge in [0.25, 0.3) is 11.8 Å². The summed E-state index contributed by atoms with van der Waals surface area (Å²) >= 11 is 0. The normalized spacial score (nSPS) is 9.60. The largest absolute Gasteiger partial charge is 0.496 e. The topological polar surface area (TPSA) is 105 Å². The van der Waals surface area contributed by atoms with Crippen LogP contribution in [0.3, 0.4) is 0 Å². The van der Waals surface area contributed by atoms with Gasteiger partial charge in [0, 0.05) is 0 Å². The molecule has 2 aromatic rings. The van der Waals surface area contributed by atoms with Crippen LogP contribution in [0.25, 0.3) is 0 Å². The lowest BCUT2D eigenvalue weighted by Crippen LogP contribution is -2.34. The highest BCUT2D eigenvalue weighted by atomic mass is 16.5. The lowest BCUT2D eigenvalue weighted by Gasteiger charge is -2.08. The minimum atomic E-state index is -0.777. The lowest BCUT2D eigenvalue weighted by molar-refractivity contribution is -0.123. The van der Waals surface area contributed by atoms with Crippen LogP contribution < -0.4 is 10.1 Å². The van der Waals surface area contributed by atoms with Crippen LogP contribution in [0, 0.1) is 11.3 Å². The Labute approximate surface area is 143 Å². The molecular formula is C18H14N2O5. The molecule has 0 unspecified atom stereocenters. The third-order valence-electron chi connectivity index (χ3n) is 3.17. The van der Waals surface area contributed by atoms with Crippen LogP contribution in [0.5, 0.6) is 5.75 Å². The predicted octanol–water partition coefficient (Wildman–Crippen LogP) is 1.68. The fourth-order valence-corrected chi connectivity index (χ4v) is 1.99. The molecule has 0 aliphatic heterocycles. The fourth-order valence-electron chi connectivity index (χ4n) is 1.99. The number of nitrogens with zero attached hydrogens (tertiary/aromatic N) is 1. The molecule has 1 N–H and O–H groups in total. The van der Waals surface area contributed by atoms with Crippen molar-refractivity contribution < 1.29 is 23.9 Å². The van der Waals surface area contributed by atoms with Crippen molar-refractivity contribution in [3.8, 4) is 11.8 Å². The molecule has 0 aromatic heterocycles. The second-order valence-electron chi connectivity index (χ2n) is 4.85. The van der Waals surface area contributed by atoms with E-state index < -0.39 is 24.4 Å². The fraction of sp³-hybridized carbons (Fsp3) is 0.111. The molecule has 0 saturated carbocycles. The van der Waals surface area contributed by atoms with Gasteiger partial charge in [0.2, 0.25) is 0 Å². The molecule has 0 spiro atoms. The van der Waals surface area contributed by atoms with E-state index in [0.717, 1.165) is 0 Å². The Kier molecular flexibility index (Phi) is 5.85. The average Bonchev–Trinajstić information content (AvgIpc) is 2.65. The van der Waals surface area contributed by atoms with Crippen LogP contribution in [0.4, 0.5) is 0 Å². The quantitative estimate of drug-likeness (QED) is 0.832. The van der Waals surface area contributed by atoms with E-state index in [1.165, 1.54) is 37.4 Å². The second-order valence-corrected chi connectivity index (χ2v) is 4.85. The van der Waals surface area contributed by atoms with Crippen LogP contribution >= 0.6 is 0 Å². The summed E-state index contributed by atoms with van der Waals surface area (Å²) in [6, 6.07) is 14.2. The highest BCUT2D eigenvalue weighted by molar-refractivity contribution is 6.07. The van der Waals surface area contributed by atoms with E-state index in [1.807, 2.05) is 6.07 Å². The number of rotatable bonds is 5. The third kappa shape index (κ3) is 4.65. The van der Waals surface area contributed by atoms with E-state index in [2.05, 4.69) is 5.32 Å². The van der Waals surface area contributed by atoms with E-state index in [0.29, 0.717) is 11.3 Å². The number of benzene rings is 2. The second kappa shape index (κ2) is 8.26. The van der Waals surface area contributed by atoms with Crippen molar-refractivity contribution >= 4 is 17.8 Å². The Morgan fingerprint density at radius 2 is 1.88 bits per heavy atom. The van der Waals surface area contributed by atoms with E-state index in [9.17, 15) is 14.4 Å². The van der Waals surface area contributed by atoms with Crippen LogP contribution in [-0.4, -0.2) is 31.5 Å². The van der Waals surface area contributed by atoms with Crippen molar-refractivity contribution in [3.05, 3.63) is 65.2 Å². The first-order chi connectivity index (χ1) is 12.0. The van der Waals surface area contributed by atoms with Crippen LogP contribution in [0.2, 0.25) is 0 Å². The number of carbonyl (C=O) groups excluding carboxylic acids is 3. The molecule has 126 valence electrons. The predicted molar refractivity (Wildman–Crippen MR) is 86.9 cm³/mol. The van der Waals surface area contributed by atoms with Crippen LogP contribution in [-0.2, 0) is 9.53 Å². The molecule has 2 rings (SSSR count). The minimum Gasteiger partial charge on any atom is -0.496 e. The number of esters is 1. The maximum absolute atomic E-state index is 12.0. The van der Waals surface area contributed by atoms with Gasteiger partial charge in [0.15, 0.2) is 6.61 Å². The molecule has 0 fully saturated rings. The van der Waals surface area contributed by atoms with Gasteiger partial charge >= 0.3 is 5.97 Å². The zero-order valence-electron chi connectivity index (χ0n) is 13.3. The van der Waals surface area contributed by atoms with Gasteiger partial charge in [-0.05, 0) is 30.3 Å². The number of hydrogen-bond acceptors (Lipinski definition) is 6. The van der Waals surface area contributed by atoms with Crippen molar-refractivity contribution in [1.82, 2.24) is 5.32 Å². The van der Waals surface area contributed by atoms with Crippen LogP contribution in [0.15, 0.2) is 48.5 Å². The highest BCUT2D eigenvalue weighted by Crippen LogP contribution is 2.16. The molecule has 0 radical (unpaired) electrons. The third-order valence-corrected chi connectivity index (χ3v) is 3.17. The zero-order valence-corrected chi connectivity index (χ0v) is 13.3. The summed E-state index contributed by atoms with van der Waals surface area (Å²) in [6.07, 6.45) is 0. The van der Waals surface area contributed by atoms with Crippen molar-refractivity contribution in [2.24, 2.45) is 0 Å². The van der Waals surface area contributed by atoms with E-state index in [4.69, 9.17) is 14.7 Å². The van der Waals surface area contributed by atoms with Gasteiger partial charge in [0.1, 0.15) is 5.75 Å². The zero-order chi connectivity index (χ0) is 18.2. The first kappa shape index (κ1) is 17.7. The molecule has 0 bridgehead atoms. The summed E-state index contributed by atoms with van der Waals surface area (Å²) in [5, 5.41) is 10.9. The summed E-state index contributed by atoms with van der Waals surface area (Å²) in [6.45, 7) is -0.628. The molecule has 0 aliphatic rings. The Morgan fingerprint density at radius 1 is 1.12 bits per heavy atom. The van der Waals surface area contributed by atoms with E-state index in [1.54, 1.807) is 18.2 Å². The number of amides is 2. The van der Waals surface area contributed by atoms with E-state index in [-0.39, 0.29) is 11.1 Å². The van der Waals surface area contributed by atoms with Crippen molar-refractivity contribution in [1.29, 1.82) is 5.26 Å². The van der Waals surface area contributed by atoms with Crippen molar-refractivity contribution in [2.45, 2.75) is 0 Å². The van der Waals surface area contributed by atoms with Crippen molar-refractivity contribution in [3.63, 3.8) is 0 Å². The first-order valence-electron chi connectivity index (χ1n) is 7.19. The molecule has 2 aromatic carbocycles. The Hall–Kier alpha value is -3.66. The summed E-state index contributed by atoms with van der Waals surface area (Å²) in [5.41, 5.74) is 0.625. The molecule has 7 nitrogen and oxygen atoms in total. The highest BCUT2D eigenvalue weighted by Gasteiger charge is 2.16. The minimum absolute atomic E-state index is 0.142. The summed E-state index contributed by atoms with van der Waals surface area (Å²) in [5.74, 6) is -1.89. The van der Waals surface area contributed by atoms with Gasteiger partial charge in [0.05, 0.1) is 29.9 Å². The van der Waals surface area contributed by atoms with Gasteiger partial charge in [-0.25, -0.2) is 4.79 Å². The molecule has 2 amide bonds. The Bertz CT molecular complexity index is 855.